The van der Waals surface area contributed by atoms with Crippen LogP contribution >= 0.6 is 0 Å². The lowest BCUT2D eigenvalue weighted by Gasteiger charge is -2.25. The Hall–Kier alpha value is -1.84. The Morgan fingerprint density at radius 1 is 0.533 bits per heavy atom. The molecule has 0 amide bonds. The fourth-order valence-corrected chi connectivity index (χ4v) is 4.38. The third-order valence-electron chi connectivity index (χ3n) is 5.79. The highest BCUT2D eigenvalue weighted by molar-refractivity contribution is 6.06. The number of rotatable bonds is 14. The van der Waals surface area contributed by atoms with Gasteiger partial charge in [0.15, 0.2) is 0 Å². The maximum atomic E-state index is 13.0. The van der Waals surface area contributed by atoms with Gasteiger partial charge in [-0.05, 0) is 60.8 Å². The minimum atomic E-state index is -0.423. The van der Waals surface area contributed by atoms with E-state index in [0.29, 0.717) is 11.1 Å². The van der Waals surface area contributed by atoms with Crippen LogP contribution in [0.15, 0.2) is 0 Å². The first-order valence-electron chi connectivity index (χ1n) is 11.9. The van der Waals surface area contributed by atoms with E-state index in [1.54, 1.807) is 0 Å². The van der Waals surface area contributed by atoms with Crippen molar-refractivity contribution in [2.75, 3.05) is 14.2 Å². The third kappa shape index (κ3) is 6.58. The summed E-state index contributed by atoms with van der Waals surface area (Å²) in [5, 5.41) is 0. The van der Waals surface area contributed by atoms with Gasteiger partial charge in [-0.15, -0.1) is 0 Å². The first-order chi connectivity index (χ1) is 14.5. The van der Waals surface area contributed by atoms with E-state index in [4.69, 9.17) is 9.47 Å². The van der Waals surface area contributed by atoms with Crippen LogP contribution in [-0.4, -0.2) is 26.2 Å². The SMILES string of the molecule is CCCCCc1c(CCC)c(CCC)c(C(=O)OC)c(C(=O)OC)c1CCCCC. The summed E-state index contributed by atoms with van der Waals surface area (Å²) in [7, 11) is 2.79. The monoisotopic (exact) mass is 418 g/mol. The summed E-state index contributed by atoms with van der Waals surface area (Å²) in [5.74, 6) is -0.841. The normalized spacial score (nSPS) is 10.9. The van der Waals surface area contributed by atoms with Crippen molar-refractivity contribution in [3.8, 4) is 0 Å². The van der Waals surface area contributed by atoms with Crippen molar-refractivity contribution in [3.63, 3.8) is 0 Å². The molecule has 0 atom stereocenters. The Kier molecular flexibility index (Phi) is 12.4. The van der Waals surface area contributed by atoms with E-state index in [9.17, 15) is 9.59 Å². The molecular formula is C26H42O4. The van der Waals surface area contributed by atoms with E-state index < -0.39 is 11.9 Å². The van der Waals surface area contributed by atoms with E-state index in [1.165, 1.54) is 25.3 Å². The highest BCUT2D eigenvalue weighted by Gasteiger charge is 2.30. The van der Waals surface area contributed by atoms with Crippen LogP contribution in [0.4, 0.5) is 0 Å². The number of methoxy groups -OCH3 is 2. The van der Waals surface area contributed by atoms with Crippen molar-refractivity contribution < 1.29 is 19.1 Å². The molecule has 0 aliphatic rings. The molecule has 0 spiro atoms. The molecule has 0 saturated carbocycles. The van der Waals surface area contributed by atoms with Crippen molar-refractivity contribution >= 4 is 11.9 Å². The molecule has 0 saturated heterocycles. The Labute approximate surface area is 183 Å². The van der Waals surface area contributed by atoms with Gasteiger partial charge in [-0.25, -0.2) is 9.59 Å². The van der Waals surface area contributed by atoms with Gasteiger partial charge in [-0.1, -0.05) is 66.2 Å². The molecule has 4 heteroatoms. The van der Waals surface area contributed by atoms with Crippen LogP contribution < -0.4 is 0 Å². The standard InChI is InChI=1S/C26H42O4/c1-7-11-13-17-20-19(15-9-3)21(16-10-4)23(25(27)29-5)24(26(28)30-6)22(20)18-14-12-8-2/h7-18H2,1-6H3. The van der Waals surface area contributed by atoms with Gasteiger partial charge in [-0.2, -0.15) is 0 Å². The molecule has 0 fully saturated rings. The van der Waals surface area contributed by atoms with Gasteiger partial charge in [0.2, 0.25) is 0 Å². The highest BCUT2D eigenvalue weighted by Crippen LogP contribution is 2.34. The number of hydrogen-bond donors (Lipinski definition) is 0. The summed E-state index contributed by atoms with van der Waals surface area (Å²) < 4.78 is 10.3. The molecule has 1 aromatic carbocycles. The molecule has 1 rings (SSSR count). The largest absolute Gasteiger partial charge is 0.465 e. The zero-order chi connectivity index (χ0) is 22.5. The minimum Gasteiger partial charge on any atom is -0.465 e. The third-order valence-corrected chi connectivity index (χ3v) is 5.79. The molecule has 1 aromatic rings. The van der Waals surface area contributed by atoms with Crippen molar-refractivity contribution in [1.82, 2.24) is 0 Å². The molecular weight excluding hydrogens is 376 g/mol. The predicted octanol–water partition coefficient (Wildman–Crippen LogP) is 6.63. The number of esters is 2. The molecule has 4 nitrogen and oxygen atoms in total. The quantitative estimate of drug-likeness (QED) is 0.251. The number of carbonyl (C=O) groups excluding carboxylic acids is 2. The lowest BCUT2D eigenvalue weighted by atomic mass is 9.80. The fourth-order valence-electron chi connectivity index (χ4n) is 4.38. The van der Waals surface area contributed by atoms with Crippen molar-refractivity contribution in [2.45, 2.75) is 105 Å². The Balaban J connectivity index is 3.92. The van der Waals surface area contributed by atoms with Gasteiger partial charge >= 0.3 is 11.9 Å². The highest BCUT2D eigenvalue weighted by atomic mass is 16.5. The molecule has 0 aliphatic heterocycles. The zero-order valence-electron chi connectivity index (χ0n) is 20.1. The molecule has 0 heterocycles. The summed E-state index contributed by atoms with van der Waals surface area (Å²) in [6.07, 6.45) is 12.0. The lowest BCUT2D eigenvalue weighted by Crippen LogP contribution is -2.22. The maximum Gasteiger partial charge on any atom is 0.339 e. The summed E-state index contributed by atoms with van der Waals surface area (Å²) in [6.45, 7) is 8.67. The van der Waals surface area contributed by atoms with Crippen molar-refractivity contribution in [1.29, 1.82) is 0 Å². The fraction of sp³-hybridized carbons (Fsp3) is 0.692. The van der Waals surface area contributed by atoms with Crippen LogP contribution in [0.2, 0.25) is 0 Å². The van der Waals surface area contributed by atoms with E-state index in [-0.39, 0.29) is 0 Å². The molecule has 30 heavy (non-hydrogen) atoms. The first-order valence-corrected chi connectivity index (χ1v) is 11.9. The molecule has 170 valence electrons. The molecule has 0 radical (unpaired) electrons. The summed E-state index contributed by atoms with van der Waals surface area (Å²) in [4.78, 5) is 25.9. The second-order valence-electron chi connectivity index (χ2n) is 8.06. The second kappa shape index (κ2) is 14.2. The van der Waals surface area contributed by atoms with Crippen molar-refractivity contribution in [3.05, 3.63) is 33.4 Å². The van der Waals surface area contributed by atoms with Crippen LogP contribution in [-0.2, 0) is 35.2 Å². The van der Waals surface area contributed by atoms with Crippen LogP contribution in [0.25, 0.3) is 0 Å². The summed E-state index contributed by atoms with van der Waals surface area (Å²) >= 11 is 0. The molecule has 0 N–H and O–H groups in total. The zero-order valence-corrected chi connectivity index (χ0v) is 20.1. The average molecular weight is 419 g/mol. The summed E-state index contributed by atoms with van der Waals surface area (Å²) in [5.41, 5.74) is 5.48. The topological polar surface area (TPSA) is 52.6 Å². The van der Waals surface area contributed by atoms with Crippen LogP contribution in [0.3, 0.4) is 0 Å². The number of hydrogen-bond acceptors (Lipinski definition) is 4. The van der Waals surface area contributed by atoms with E-state index >= 15 is 0 Å². The van der Waals surface area contributed by atoms with Gasteiger partial charge in [0.05, 0.1) is 25.3 Å². The molecule has 0 unspecified atom stereocenters. The van der Waals surface area contributed by atoms with Crippen LogP contribution in [0.1, 0.15) is 122 Å². The average Bonchev–Trinajstić information content (AvgIpc) is 2.75. The number of carbonyl (C=O) groups is 2. The van der Waals surface area contributed by atoms with Gasteiger partial charge in [0.25, 0.3) is 0 Å². The van der Waals surface area contributed by atoms with Gasteiger partial charge in [0.1, 0.15) is 0 Å². The minimum absolute atomic E-state index is 0.418. The van der Waals surface area contributed by atoms with Crippen LogP contribution in [0.5, 0.6) is 0 Å². The van der Waals surface area contributed by atoms with Gasteiger partial charge < -0.3 is 9.47 Å². The molecule has 0 aliphatic carbocycles. The summed E-state index contributed by atoms with van der Waals surface area (Å²) in [6, 6.07) is 0. The number of benzene rings is 1. The predicted molar refractivity (Wildman–Crippen MR) is 124 cm³/mol. The Morgan fingerprint density at radius 3 is 1.30 bits per heavy atom. The number of ether oxygens (including phenoxy) is 2. The van der Waals surface area contributed by atoms with E-state index in [0.717, 1.165) is 88.2 Å². The Morgan fingerprint density at radius 2 is 0.900 bits per heavy atom. The molecule has 0 bridgehead atoms. The lowest BCUT2D eigenvalue weighted by molar-refractivity contribution is 0.0552. The van der Waals surface area contributed by atoms with Crippen LogP contribution in [0, 0.1) is 0 Å². The maximum absolute atomic E-state index is 13.0. The van der Waals surface area contributed by atoms with Crippen molar-refractivity contribution in [2.24, 2.45) is 0 Å². The Bertz CT molecular complexity index is 691. The van der Waals surface area contributed by atoms with Gasteiger partial charge in [0, 0.05) is 0 Å². The smallest absolute Gasteiger partial charge is 0.339 e. The molecule has 0 aromatic heterocycles. The first kappa shape index (κ1) is 26.2. The van der Waals surface area contributed by atoms with E-state index in [1.807, 2.05) is 0 Å². The number of unbranched alkanes of at least 4 members (excludes halogenated alkanes) is 4. The van der Waals surface area contributed by atoms with Gasteiger partial charge in [-0.3, -0.25) is 0 Å². The van der Waals surface area contributed by atoms with E-state index in [2.05, 4.69) is 27.7 Å². The second-order valence-corrected chi connectivity index (χ2v) is 8.06.